The SMILES string of the molecule is O=C(Nc1ccc(Cl)cc1C(=O)ON1C(=O)c2ccccc2C1=O)OCC1c2ccccc2-c2ccccc21. The first-order chi connectivity index (χ1) is 18.9. The maximum Gasteiger partial charge on any atom is 0.411 e. The van der Waals surface area contributed by atoms with Crippen LogP contribution in [0.1, 0.15) is 48.1 Å². The van der Waals surface area contributed by atoms with Gasteiger partial charge in [-0.25, -0.2) is 9.59 Å². The van der Waals surface area contributed by atoms with E-state index in [0.29, 0.717) is 5.06 Å². The number of amides is 3. The molecule has 9 heteroatoms. The maximum atomic E-state index is 13.0. The van der Waals surface area contributed by atoms with Crippen LogP contribution in [0.25, 0.3) is 11.1 Å². The first kappa shape index (κ1) is 24.4. The second kappa shape index (κ2) is 9.74. The molecule has 0 bridgehead atoms. The minimum Gasteiger partial charge on any atom is -0.448 e. The zero-order valence-corrected chi connectivity index (χ0v) is 21.0. The molecule has 192 valence electrons. The van der Waals surface area contributed by atoms with Gasteiger partial charge in [0, 0.05) is 10.9 Å². The van der Waals surface area contributed by atoms with E-state index in [1.165, 1.54) is 30.3 Å². The smallest absolute Gasteiger partial charge is 0.411 e. The fraction of sp³-hybridized carbons (Fsp3) is 0.0667. The highest BCUT2D eigenvalue weighted by Gasteiger charge is 2.39. The van der Waals surface area contributed by atoms with Crippen LogP contribution in [-0.4, -0.2) is 35.5 Å². The second-order valence-electron chi connectivity index (χ2n) is 8.97. The van der Waals surface area contributed by atoms with Crippen LogP contribution in [0.15, 0.2) is 91.0 Å². The molecule has 4 aromatic rings. The van der Waals surface area contributed by atoms with E-state index in [2.05, 4.69) is 5.32 Å². The van der Waals surface area contributed by atoms with Gasteiger partial charge in [-0.15, -0.1) is 0 Å². The van der Waals surface area contributed by atoms with E-state index in [1.54, 1.807) is 12.1 Å². The molecule has 0 radical (unpaired) electrons. The van der Waals surface area contributed by atoms with Crippen molar-refractivity contribution in [1.82, 2.24) is 5.06 Å². The van der Waals surface area contributed by atoms with Crippen LogP contribution < -0.4 is 5.32 Å². The van der Waals surface area contributed by atoms with Gasteiger partial charge in [-0.3, -0.25) is 14.9 Å². The van der Waals surface area contributed by atoms with Crippen molar-refractivity contribution in [3.8, 4) is 11.1 Å². The van der Waals surface area contributed by atoms with Crippen molar-refractivity contribution in [2.75, 3.05) is 11.9 Å². The molecule has 1 heterocycles. The zero-order valence-electron chi connectivity index (χ0n) is 20.2. The lowest BCUT2D eigenvalue weighted by molar-refractivity contribution is -0.0583. The summed E-state index contributed by atoms with van der Waals surface area (Å²) in [6.07, 6.45) is -0.797. The number of nitrogens with one attached hydrogen (secondary N) is 1. The molecule has 0 spiro atoms. The molecular formula is C30H19ClN2O6. The molecule has 0 fully saturated rings. The first-order valence-corrected chi connectivity index (χ1v) is 12.4. The number of hydrogen-bond acceptors (Lipinski definition) is 6. The van der Waals surface area contributed by atoms with E-state index in [9.17, 15) is 19.2 Å². The lowest BCUT2D eigenvalue weighted by Crippen LogP contribution is -2.33. The highest BCUT2D eigenvalue weighted by atomic mass is 35.5. The number of nitrogens with zero attached hydrogens (tertiary/aromatic N) is 1. The van der Waals surface area contributed by atoms with Gasteiger partial charge in [0.05, 0.1) is 22.4 Å². The summed E-state index contributed by atoms with van der Waals surface area (Å²) < 4.78 is 5.56. The summed E-state index contributed by atoms with van der Waals surface area (Å²) in [6, 6.07) is 26.2. The molecule has 0 aromatic heterocycles. The van der Waals surface area contributed by atoms with Crippen LogP contribution in [0.3, 0.4) is 0 Å². The average Bonchev–Trinajstić information content (AvgIpc) is 3.40. The van der Waals surface area contributed by atoms with Gasteiger partial charge in [0.1, 0.15) is 6.61 Å². The number of anilines is 1. The largest absolute Gasteiger partial charge is 0.448 e. The molecule has 8 nitrogen and oxygen atoms in total. The van der Waals surface area contributed by atoms with Crippen molar-refractivity contribution in [3.63, 3.8) is 0 Å². The number of benzene rings is 4. The van der Waals surface area contributed by atoms with E-state index in [4.69, 9.17) is 21.2 Å². The van der Waals surface area contributed by atoms with E-state index < -0.39 is 23.9 Å². The van der Waals surface area contributed by atoms with Crippen LogP contribution in [-0.2, 0) is 9.57 Å². The summed E-state index contributed by atoms with van der Waals surface area (Å²) in [5.41, 5.74) is 4.44. The third-order valence-corrected chi connectivity index (χ3v) is 6.95. The van der Waals surface area contributed by atoms with Gasteiger partial charge >= 0.3 is 12.1 Å². The summed E-state index contributed by atoms with van der Waals surface area (Å²) in [5.74, 6) is -2.73. The Morgan fingerprint density at radius 3 is 1.90 bits per heavy atom. The number of ether oxygens (including phenoxy) is 1. The molecule has 0 unspecified atom stereocenters. The van der Waals surface area contributed by atoms with Crippen molar-refractivity contribution in [2.24, 2.45) is 0 Å². The van der Waals surface area contributed by atoms with Gasteiger partial charge in [-0.05, 0) is 52.6 Å². The monoisotopic (exact) mass is 538 g/mol. The number of imide groups is 1. The second-order valence-corrected chi connectivity index (χ2v) is 9.41. The molecular weight excluding hydrogens is 520 g/mol. The topological polar surface area (TPSA) is 102 Å². The Morgan fingerprint density at radius 2 is 1.31 bits per heavy atom. The fourth-order valence-electron chi connectivity index (χ4n) is 4.92. The molecule has 6 rings (SSSR count). The van der Waals surface area contributed by atoms with Crippen LogP contribution in [0.4, 0.5) is 10.5 Å². The number of halogens is 1. The van der Waals surface area contributed by atoms with Gasteiger partial charge in [0.25, 0.3) is 11.8 Å². The maximum absolute atomic E-state index is 13.0. The van der Waals surface area contributed by atoms with E-state index in [-0.39, 0.29) is 39.9 Å². The molecule has 1 N–H and O–H groups in total. The molecule has 4 aromatic carbocycles. The summed E-state index contributed by atoms with van der Waals surface area (Å²) in [6.45, 7) is 0.0717. The summed E-state index contributed by atoms with van der Waals surface area (Å²) in [5, 5.41) is 3.12. The minimum atomic E-state index is -1.05. The first-order valence-electron chi connectivity index (χ1n) is 12.0. The molecule has 1 aliphatic carbocycles. The predicted octanol–water partition coefficient (Wildman–Crippen LogP) is 6.07. The van der Waals surface area contributed by atoms with Gasteiger partial charge in [0.2, 0.25) is 0 Å². The van der Waals surface area contributed by atoms with Crippen molar-refractivity contribution >= 4 is 41.2 Å². The Morgan fingerprint density at radius 1 is 0.769 bits per heavy atom. The Hall–Kier alpha value is -4.95. The fourth-order valence-corrected chi connectivity index (χ4v) is 5.09. The molecule has 0 saturated heterocycles. The van der Waals surface area contributed by atoms with Crippen LogP contribution in [0, 0.1) is 0 Å². The lowest BCUT2D eigenvalue weighted by atomic mass is 9.98. The summed E-state index contributed by atoms with van der Waals surface area (Å²) in [7, 11) is 0. The predicted molar refractivity (Wildman–Crippen MR) is 143 cm³/mol. The third kappa shape index (κ3) is 4.30. The Balaban J connectivity index is 1.17. The van der Waals surface area contributed by atoms with E-state index in [1.807, 2.05) is 48.5 Å². The van der Waals surface area contributed by atoms with Gasteiger partial charge in [-0.2, -0.15) is 0 Å². The molecule has 0 saturated carbocycles. The number of hydrogen-bond donors (Lipinski definition) is 1. The molecule has 39 heavy (non-hydrogen) atoms. The van der Waals surface area contributed by atoms with Gasteiger partial charge in [0.15, 0.2) is 0 Å². The number of fused-ring (bicyclic) bond motifs is 4. The number of hydroxylamine groups is 2. The van der Waals surface area contributed by atoms with Crippen molar-refractivity contribution in [1.29, 1.82) is 0 Å². The highest BCUT2D eigenvalue weighted by molar-refractivity contribution is 6.31. The van der Waals surface area contributed by atoms with Crippen molar-refractivity contribution in [2.45, 2.75) is 5.92 Å². The van der Waals surface area contributed by atoms with Crippen LogP contribution in [0.5, 0.6) is 0 Å². The molecule has 2 aliphatic rings. The Labute approximate surface area is 227 Å². The normalized spacial score (nSPS) is 13.5. The van der Waals surface area contributed by atoms with Gasteiger partial charge in [-0.1, -0.05) is 77.3 Å². The third-order valence-electron chi connectivity index (χ3n) is 6.71. The van der Waals surface area contributed by atoms with E-state index >= 15 is 0 Å². The Bertz CT molecular complexity index is 1600. The Kier molecular flexibility index (Phi) is 6.09. The van der Waals surface area contributed by atoms with Gasteiger partial charge < -0.3 is 9.57 Å². The summed E-state index contributed by atoms with van der Waals surface area (Å²) >= 11 is 6.09. The minimum absolute atomic E-state index is 0.0400. The number of rotatable bonds is 5. The standard InChI is InChI=1S/C30H19ClN2O6/c31-17-13-14-26(24(15-17)29(36)39-33-27(34)22-11-5-6-12-23(22)28(33)35)32-30(37)38-16-25-20-9-3-1-7-18(20)19-8-2-4-10-21(19)25/h1-15,25H,16H2,(H,32,37). The van der Waals surface area contributed by atoms with Crippen molar-refractivity contribution < 1.29 is 28.8 Å². The molecule has 0 atom stereocenters. The quantitative estimate of drug-likeness (QED) is 0.309. The zero-order chi connectivity index (χ0) is 27.1. The highest BCUT2D eigenvalue weighted by Crippen LogP contribution is 2.44. The lowest BCUT2D eigenvalue weighted by Gasteiger charge is -2.17. The van der Waals surface area contributed by atoms with Crippen molar-refractivity contribution in [3.05, 3.63) is 124 Å². The number of carbonyl (C=O) groups excluding carboxylic acids is 4. The molecule has 3 amide bonds. The molecule has 1 aliphatic heterocycles. The van der Waals surface area contributed by atoms with E-state index in [0.717, 1.165) is 22.3 Å². The summed E-state index contributed by atoms with van der Waals surface area (Å²) in [4.78, 5) is 56.2. The number of carbonyl (C=O) groups is 4. The average molecular weight is 539 g/mol. The van der Waals surface area contributed by atoms with Crippen LogP contribution >= 0.6 is 11.6 Å². The van der Waals surface area contributed by atoms with Crippen LogP contribution in [0.2, 0.25) is 5.02 Å².